The number of nitrogens with zero attached hydrogens (tertiary/aromatic N) is 2. The summed E-state index contributed by atoms with van der Waals surface area (Å²) in [5.74, 6) is 6.12. The van der Waals surface area contributed by atoms with Crippen LogP contribution in [-0.2, 0) is 16.1 Å². The van der Waals surface area contributed by atoms with Gasteiger partial charge in [0.05, 0.1) is 0 Å². The number of methoxy groups -OCH3 is 1. The van der Waals surface area contributed by atoms with Crippen LogP contribution in [0.2, 0.25) is 0 Å². The maximum atomic E-state index is 10.9. The number of ether oxygens (including phenoxy) is 1. The number of nitrogens with two attached hydrogens (primary N) is 2. The van der Waals surface area contributed by atoms with E-state index >= 15 is 0 Å². The summed E-state index contributed by atoms with van der Waals surface area (Å²) in [5, 5.41) is 2.84. The molecule has 1 heterocycles. The van der Waals surface area contributed by atoms with E-state index in [0.717, 1.165) is 0 Å². The van der Waals surface area contributed by atoms with Crippen molar-refractivity contribution in [1.29, 1.82) is 0 Å². The maximum absolute atomic E-state index is 10.9. The van der Waals surface area contributed by atoms with Gasteiger partial charge in [-0.25, -0.2) is 15.8 Å². The molecule has 1 amide bonds. The van der Waals surface area contributed by atoms with Gasteiger partial charge in [-0.15, -0.1) is 0 Å². The lowest BCUT2D eigenvalue weighted by molar-refractivity contribution is -0.118. The van der Waals surface area contributed by atoms with Crippen molar-refractivity contribution in [3.8, 4) is 0 Å². The van der Waals surface area contributed by atoms with Crippen molar-refractivity contribution in [1.82, 2.24) is 9.97 Å². The topological polar surface area (TPSA) is 128 Å². The van der Waals surface area contributed by atoms with Gasteiger partial charge in [0.15, 0.2) is 5.82 Å². The van der Waals surface area contributed by atoms with Gasteiger partial charge in [0, 0.05) is 13.2 Å². The zero-order valence-electron chi connectivity index (χ0n) is 9.73. The third-order valence-electron chi connectivity index (χ3n) is 1.98. The molecule has 94 valence electrons. The molecule has 0 radical (unpaired) electrons. The van der Waals surface area contributed by atoms with Crippen molar-refractivity contribution < 1.29 is 9.53 Å². The number of carbonyl (C=O) groups excluding carboxylic acids is 1. The second-order valence-electron chi connectivity index (χ2n) is 3.40. The lowest BCUT2D eigenvalue weighted by Crippen LogP contribution is -2.33. The zero-order chi connectivity index (χ0) is 12.8. The molecule has 8 heteroatoms. The average molecular weight is 240 g/mol. The third-order valence-corrected chi connectivity index (χ3v) is 1.98. The molecule has 1 atom stereocenters. The molecule has 0 spiro atoms. The quantitative estimate of drug-likeness (QED) is 0.378. The highest BCUT2D eigenvalue weighted by Gasteiger charge is 2.10. The van der Waals surface area contributed by atoms with E-state index in [-0.39, 0.29) is 6.61 Å². The van der Waals surface area contributed by atoms with Crippen molar-refractivity contribution >= 4 is 17.5 Å². The van der Waals surface area contributed by atoms with E-state index in [0.29, 0.717) is 17.5 Å². The Morgan fingerprint density at radius 3 is 2.71 bits per heavy atom. The van der Waals surface area contributed by atoms with E-state index in [2.05, 4.69) is 20.7 Å². The zero-order valence-corrected chi connectivity index (χ0v) is 9.73. The lowest BCUT2D eigenvalue weighted by atomic mass is 10.3. The summed E-state index contributed by atoms with van der Waals surface area (Å²) in [7, 11) is 1.53. The number of nitrogens with one attached hydrogen (secondary N) is 2. The highest BCUT2D eigenvalue weighted by molar-refractivity contribution is 5.82. The van der Waals surface area contributed by atoms with Crippen molar-refractivity contribution in [3.05, 3.63) is 11.9 Å². The molecule has 8 nitrogen and oxygen atoms in total. The number of hydrogen-bond acceptors (Lipinski definition) is 7. The number of aromatic nitrogens is 2. The Labute approximate surface area is 98.7 Å². The van der Waals surface area contributed by atoms with Gasteiger partial charge in [-0.05, 0) is 6.92 Å². The monoisotopic (exact) mass is 240 g/mol. The summed E-state index contributed by atoms with van der Waals surface area (Å²) in [6.45, 7) is 1.88. The van der Waals surface area contributed by atoms with E-state index in [1.54, 1.807) is 13.0 Å². The predicted octanol–water partition coefficient (Wildman–Crippen LogP) is -0.806. The van der Waals surface area contributed by atoms with Gasteiger partial charge in [0.25, 0.3) is 0 Å². The number of rotatable bonds is 6. The van der Waals surface area contributed by atoms with Gasteiger partial charge >= 0.3 is 0 Å². The molecule has 0 saturated carbocycles. The number of amides is 1. The molecular weight excluding hydrogens is 224 g/mol. The van der Waals surface area contributed by atoms with E-state index in [4.69, 9.17) is 16.3 Å². The fraction of sp³-hybridized carbons (Fsp3) is 0.444. The van der Waals surface area contributed by atoms with E-state index in [1.807, 2.05) is 0 Å². The Morgan fingerprint density at radius 1 is 1.53 bits per heavy atom. The smallest absolute Gasteiger partial charge is 0.239 e. The van der Waals surface area contributed by atoms with Gasteiger partial charge < -0.3 is 21.2 Å². The molecule has 0 bridgehead atoms. The number of hydrogen-bond donors (Lipinski definition) is 4. The van der Waals surface area contributed by atoms with Crippen LogP contribution in [0.3, 0.4) is 0 Å². The van der Waals surface area contributed by atoms with Crippen LogP contribution >= 0.6 is 0 Å². The van der Waals surface area contributed by atoms with Crippen LogP contribution in [0.4, 0.5) is 11.6 Å². The lowest BCUT2D eigenvalue weighted by Gasteiger charge is -2.12. The summed E-state index contributed by atoms with van der Waals surface area (Å²) in [6, 6.07) is 1.03. The third kappa shape index (κ3) is 3.85. The Hall–Kier alpha value is -1.93. The first-order valence-electron chi connectivity index (χ1n) is 4.96. The first kappa shape index (κ1) is 13.1. The normalized spacial score (nSPS) is 11.9. The second-order valence-corrected chi connectivity index (χ2v) is 3.40. The Kier molecular flexibility index (Phi) is 4.61. The van der Waals surface area contributed by atoms with Crippen LogP contribution in [0, 0.1) is 0 Å². The van der Waals surface area contributed by atoms with Crippen molar-refractivity contribution in [2.24, 2.45) is 11.6 Å². The van der Waals surface area contributed by atoms with Crippen LogP contribution < -0.4 is 22.3 Å². The van der Waals surface area contributed by atoms with Gasteiger partial charge in [-0.3, -0.25) is 4.79 Å². The van der Waals surface area contributed by atoms with Crippen molar-refractivity contribution in [2.75, 3.05) is 17.9 Å². The van der Waals surface area contributed by atoms with Crippen LogP contribution in [0.5, 0.6) is 0 Å². The SMILES string of the molecule is COCc1nc(NN)cc(NC(C)C(N)=O)n1. The van der Waals surface area contributed by atoms with Crippen LogP contribution in [0.1, 0.15) is 12.7 Å². The second kappa shape index (κ2) is 5.97. The maximum Gasteiger partial charge on any atom is 0.239 e. The van der Waals surface area contributed by atoms with Crippen LogP contribution in [0.25, 0.3) is 0 Å². The molecule has 1 aromatic rings. The summed E-state index contributed by atoms with van der Waals surface area (Å²) < 4.78 is 4.92. The first-order chi connectivity index (χ1) is 8.06. The van der Waals surface area contributed by atoms with Gasteiger partial charge in [-0.2, -0.15) is 0 Å². The number of carbonyl (C=O) groups is 1. The number of anilines is 2. The van der Waals surface area contributed by atoms with Crippen molar-refractivity contribution in [2.45, 2.75) is 19.6 Å². The number of primary amides is 1. The Bertz CT molecular complexity index is 397. The molecular formula is C9H16N6O2. The molecule has 1 unspecified atom stereocenters. The van der Waals surface area contributed by atoms with Crippen LogP contribution in [0.15, 0.2) is 6.07 Å². The molecule has 0 aliphatic heterocycles. The predicted molar refractivity (Wildman–Crippen MR) is 62.8 cm³/mol. The summed E-state index contributed by atoms with van der Waals surface area (Å²) in [6.07, 6.45) is 0. The van der Waals surface area contributed by atoms with Crippen molar-refractivity contribution in [3.63, 3.8) is 0 Å². The Morgan fingerprint density at radius 2 is 2.18 bits per heavy atom. The molecule has 1 aromatic heterocycles. The molecule has 0 aliphatic rings. The summed E-state index contributed by atoms with van der Waals surface area (Å²) in [5.41, 5.74) is 7.55. The highest BCUT2D eigenvalue weighted by Crippen LogP contribution is 2.11. The number of nitrogen functional groups attached to an aromatic ring is 1. The first-order valence-corrected chi connectivity index (χ1v) is 4.96. The van der Waals surface area contributed by atoms with Gasteiger partial charge in [0.2, 0.25) is 5.91 Å². The van der Waals surface area contributed by atoms with Crippen LogP contribution in [-0.4, -0.2) is 29.0 Å². The Balaban J connectivity index is 2.90. The molecule has 6 N–H and O–H groups in total. The molecule has 0 aliphatic carbocycles. The minimum absolute atomic E-state index is 0.245. The highest BCUT2D eigenvalue weighted by atomic mass is 16.5. The molecule has 0 saturated heterocycles. The largest absolute Gasteiger partial charge is 0.377 e. The minimum atomic E-state index is -0.536. The summed E-state index contributed by atoms with van der Waals surface area (Å²) in [4.78, 5) is 19.1. The molecule has 0 fully saturated rings. The number of hydrazine groups is 1. The van der Waals surface area contributed by atoms with Gasteiger partial charge in [0.1, 0.15) is 24.3 Å². The van der Waals surface area contributed by atoms with E-state index in [1.165, 1.54) is 7.11 Å². The average Bonchev–Trinajstić information content (AvgIpc) is 2.28. The minimum Gasteiger partial charge on any atom is -0.377 e. The van der Waals surface area contributed by atoms with E-state index in [9.17, 15) is 4.79 Å². The molecule has 17 heavy (non-hydrogen) atoms. The molecule has 1 rings (SSSR count). The molecule has 0 aromatic carbocycles. The summed E-state index contributed by atoms with van der Waals surface area (Å²) >= 11 is 0. The van der Waals surface area contributed by atoms with E-state index < -0.39 is 11.9 Å². The van der Waals surface area contributed by atoms with Gasteiger partial charge in [-0.1, -0.05) is 0 Å². The standard InChI is InChI=1S/C9H16N6O2/c1-5(9(10)16)12-6-3-7(15-11)14-8(13-6)4-17-2/h3,5H,4,11H2,1-2H3,(H2,10,16)(H2,12,13,14,15). The fourth-order valence-corrected chi connectivity index (χ4v) is 1.13. The fourth-order valence-electron chi connectivity index (χ4n) is 1.13.